The molecule has 1 N–H and O–H groups in total. The van der Waals surface area contributed by atoms with Crippen LogP contribution >= 0.6 is 0 Å². The topological polar surface area (TPSA) is 24.9 Å². The SMILES string of the molecule is CC#CCCNCCc1cccnc1. The molecule has 14 heavy (non-hydrogen) atoms. The van der Waals surface area contributed by atoms with Crippen molar-refractivity contribution in [2.24, 2.45) is 0 Å². The first kappa shape index (κ1) is 10.7. The van der Waals surface area contributed by atoms with Crippen LogP contribution in [0.25, 0.3) is 0 Å². The van der Waals surface area contributed by atoms with Gasteiger partial charge in [-0.3, -0.25) is 4.98 Å². The van der Waals surface area contributed by atoms with E-state index in [-0.39, 0.29) is 0 Å². The summed E-state index contributed by atoms with van der Waals surface area (Å²) in [5.41, 5.74) is 1.28. The Morgan fingerprint density at radius 1 is 1.43 bits per heavy atom. The van der Waals surface area contributed by atoms with Gasteiger partial charge in [0.25, 0.3) is 0 Å². The minimum atomic E-state index is 0.934. The van der Waals surface area contributed by atoms with Crippen molar-refractivity contribution in [3.8, 4) is 11.8 Å². The number of pyridine rings is 1. The highest BCUT2D eigenvalue weighted by Crippen LogP contribution is 1.95. The maximum Gasteiger partial charge on any atom is 0.0300 e. The van der Waals surface area contributed by atoms with E-state index in [4.69, 9.17) is 0 Å². The van der Waals surface area contributed by atoms with Crippen molar-refractivity contribution in [2.45, 2.75) is 19.8 Å². The zero-order valence-electron chi connectivity index (χ0n) is 8.59. The largest absolute Gasteiger partial charge is 0.315 e. The average molecular weight is 188 g/mol. The molecule has 0 radical (unpaired) electrons. The lowest BCUT2D eigenvalue weighted by Crippen LogP contribution is -2.18. The van der Waals surface area contributed by atoms with Crippen LogP contribution in [0.4, 0.5) is 0 Å². The Balaban J connectivity index is 2.06. The Kier molecular flexibility index (Phi) is 5.46. The Morgan fingerprint density at radius 2 is 2.36 bits per heavy atom. The van der Waals surface area contributed by atoms with Crippen molar-refractivity contribution in [3.63, 3.8) is 0 Å². The third-order valence-corrected chi connectivity index (χ3v) is 1.92. The summed E-state index contributed by atoms with van der Waals surface area (Å²) in [5, 5.41) is 3.34. The second kappa shape index (κ2) is 7.11. The first-order valence-electron chi connectivity index (χ1n) is 4.92. The summed E-state index contributed by atoms with van der Waals surface area (Å²) < 4.78 is 0. The lowest BCUT2D eigenvalue weighted by Gasteiger charge is -2.01. The van der Waals surface area contributed by atoms with Gasteiger partial charge in [0.15, 0.2) is 0 Å². The molecule has 1 aromatic rings. The van der Waals surface area contributed by atoms with E-state index < -0.39 is 0 Å². The number of aromatic nitrogens is 1. The lowest BCUT2D eigenvalue weighted by molar-refractivity contribution is 0.693. The van der Waals surface area contributed by atoms with Crippen LogP contribution in [0.15, 0.2) is 24.5 Å². The molecule has 0 bridgehead atoms. The van der Waals surface area contributed by atoms with Gasteiger partial charge in [-0.25, -0.2) is 0 Å². The van der Waals surface area contributed by atoms with Crippen LogP contribution in [0.1, 0.15) is 18.9 Å². The van der Waals surface area contributed by atoms with Crippen LogP contribution in [-0.2, 0) is 6.42 Å². The summed E-state index contributed by atoms with van der Waals surface area (Å²) in [7, 11) is 0. The van der Waals surface area contributed by atoms with Crippen LogP contribution < -0.4 is 5.32 Å². The molecule has 0 saturated carbocycles. The molecule has 0 aromatic carbocycles. The minimum absolute atomic E-state index is 0.934. The zero-order valence-corrected chi connectivity index (χ0v) is 8.59. The van der Waals surface area contributed by atoms with E-state index in [0.717, 1.165) is 25.9 Å². The molecule has 0 aliphatic carbocycles. The summed E-state index contributed by atoms with van der Waals surface area (Å²) in [6, 6.07) is 4.07. The summed E-state index contributed by atoms with van der Waals surface area (Å²) in [6.07, 6.45) is 5.68. The van der Waals surface area contributed by atoms with Crippen molar-refractivity contribution < 1.29 is 0 Å². The molecule has 0 atom stereocenters. The van der Waals surface area contributed by atoms with Crippen LogP contribution in [-0.4, -0.2) is 18.1 Å². The summed E-state index contributed by atoms with van der Waals surface area (Å²) in [6.45, 7) is 3.84. The fraction of sp³-hybridized carbons (Fsp3) is 0.417. The Bertz CT molecular complexity index is 295. The molecule has 0 fully saturated rings. The zero-order chi connectivity index (χ0) is 10.1. The standard InChI is InChI=1S/C12H16N2/c1-2-3-4-8-13-10-7-12-6-5-9-14-11-12/h5-6,9,11,13H,4,7-8,10H2,1H3. The minimum Gasteiger partial charge on any atom is -0.315 e. The monoisotopic (exact) mass is 188 g/mol. The van der Waals surface area contributed by atoms with E-state index in [0.29, 0.717) is 0 Å². The normalized spacial score (nSPS) is 9.21. The van der Waals surface area contributed by atoms with Crippen molar-refractivity contribution in [1.82, 2.24) is 10.3 Å². The fourth-order valence-corrected chi connectivity index (χ4v) is 1.18. The lowest BCUT2D eigenvalue weighted by atomic mass is 10.2. The highest BCUT2D eigenvalue weighted by Gasteiger charge is 1.90. The number of nitrogens with one attached hydrogen (secondary N) is 1. The average Bonchev–Trinajstić information content (AvgIpc) is 2.25. The van der Waals surface area contributed by atoms with Crippen LogP contribution in [0, 0.1) is 11.8 Å². The molecule has 2 nitrogen and oxygen atoms in total. The van der Waals surface area contributed by atoms with E-state index in [1.807, 2.05) is 19.2 Å². The Hall–Kier alpha value is -1.33. The number of hydrogen-bond donors (Lipinski definition) is 1. The second-order valence-electron chi connectivity index (χ2n) is 3.04. The van der Waals surface area contributed by atoms with Crippen molar-refractivity contribution in [1.29, 1.82) is 0 Å². The van der Waals surface area contributed by atoms with E-state index in [9.17, 15) is 0 Å². The van der Waals surface area contributed by atoms with Gasteiger partial charge < -0.3 is 5.32 Å². The smallest absolute Gasteiger partial charge is 0.0300 e. The molecule has 0 aliphatic heterocycles. The second-order valence-corrected chi connectivity index (χ2v) is 3.04. The van der Waals surface area contributed by atoms with Gasteiger partial charge in [-0.2, -0.15) is 0 Å². The highest BCUT2D eigenvalue weighted by atomic mass is 14.8. The number of hydrogen-bond acceptors (Lipinski definition) is 2. The van der Waals surface area contributed by atoms with Crippen LogP contribution in [0.3, 0.4) is 0 Å². The molecule has 2 heteroatoms. The van der Waals surface area contributed by atoms with E-state index in [1.54, 1.807) is 6.20 Å². The fourth-order valence-electron chi connectivity index (χ4n) is 1.18. The van der Waals surface area contributed by atoms with E-state index >= 15 is 0 Å². The third kappa shape index (κ3) is 4.64. The van der Waals surface area contributed by atoms with Gasteiger partial charge in [0.2, 0.25) is 0 Å². The van der Waals surface area contributed by atoms with Crippen molar-refractivity contribution >= 4 is 0 Å². The van der Waals surface area contributed by atoms with Crippen LogP contribution in [0.2, 0.25) is 0 Å². The Labute approximate surface area is 85.8 Å². The molecular weight excluding hydrogens is 172 g/mol. The van der Waals surface area contributed by atoms with Gasteiger partial charge >= 0.3 is 0 Å². The summed E-state index contributed by atoms with van der Waals surface area (Å²) in [4.78, 5) is 4.06. The number of nitrogens with zero attached hydrogens (tertiary/aromatic N) is 1. The van der Waals surface area contributed by atoms with Gasteiger partial charge in [0, 0.05) is 25.4 Å². The van der Waals surface area contributed by atoms with Crippen molar-refractivity contribution in [3.05, 3.63) is 30.1 Å². The van der Waals surface area contributed by atoms with Gasteiger partial charge in [0.1, 0.15) is 0 Å². The number of rotatable bonds is 5. The first-order chi connectivity index (χ1) is 6.93. The molecule has 0 amide bonds. The highest BCUT2D eigenvalue weighted by molar-refractivity contribution is 5.08. The first-order valence-corrected chi connectivity index (χ1v) is 4.92. The van der Waals surface area contributed by atoms with Gasteiger partial charge in [-0.05, 0) is 31.5 Å². The third-order valence-electron chi connectivity index (χ3n) is 1.92. The van der Waals surface area contributed by atoms with Gasteiger partial charge in [0.05, 0.1) is 0 Å². The van der Waals surface area contributed by atoms with E-state index in [2.05, 4.69) is 28.2 Å². The quantitative estimate of drug-likeness (QED) is 0.561. The molecule has 74 valence electrons. The Morgan fingerprint density at radius 3 is 3.07 bits per heavy atom. The molecule has 0 saturated heterocycles. The molecule has 0 aliphatic rings. The van der Waals surface area contributed by atoms with Gasteiger partial charge in [-0.15, -0.1) is 11.8 Å². The molecule has 0 unspecified atom stereocenters. The molecule has 1 aromatic heterocycles. The van der Waals surface area contributed by atoms with E-state index in [1.165, 1.54) is 5.56 Å². The predicted octanol–water partition coefficient (Wildman–Crippen LogP) is 1.63. The molecule has 1 rings (SSSR count). The predicted molar refractivity (Wildman–Crippen MR) is 58.9 cm³/mol. The van der Waals surface area contributed by atoms with Crippen LogP contribution in [0.5, 0.6) is 0 Å². The molecular formula is C12H16N2. The van der Waals surface area contributed by atoms with Gasteiger partial charge in [-0.1, -0.05) is 6.07 Å². The molecule has 1 heterocycles. The maximum absolute atomic E-state index is 4.06. The maximum atomic E-state index is 4.06. The molecule has 0 spiro atoms. The summed E-state index contributed by atoms with van der Waals surface area (Å²) in [5.74, 6) is 5.90. The van der Waals surface area contributed by atoms with Crippen molar-refractivity contribution in [2.75, 3.05) is 13.1 Å². The summed E-state index contributed by atoms with van der Waals surface area (Å²) >= 11 is 0.